The van der Waals surface area contributed by atoms with E-state index in [9.17, 15) is 9.59 Å². The van der Waals surface area contributed by atoms with Crippen molar-refractivity contribution in [2.45, 2.75) is 26.4 Å². The number of hydrogen-bond acceptors (Lipinski definition) is 7. The van der Waals surface area contributed by atoms with E-state index in [1.807, 2.05) is 62.4 Å². The summed E-state index contributed by atoms with van der Waals surface area (Å²) in [4.78, 5) is 39.2. The Kier molecular flexibility index (Phi) is 7.75. The van der Waals surface area contributed by atoms with Gasteiger partial charge in [0.25, 0.3) is 11.5 Å². The van der Waals surface area contributed by atoms with E-state index in [2.05, 4.69) is 34.1 Å². The summed E-state index contributed by atoms with van der Waals surface area (Å²) in [5.74, 6) is 0.420. The van der Waals surface area contributed by atoms with E-state index in [0.29, 0.717) is 26.3 Å². The van der Waals surface area contributed by atoms with Gasteiger partial charge < -0.3 is 4.90 Å². The van der Waals surface area contributed by atoms with Crippen LogP contribution in [0.5, 0.6) is 0 Å². The molecule has 0 spiro atoms. The Labute approximate surface area is 249 Å². The molecule has 4 aromatic rings. The maximum atomic E-state index is 13.9. The van der Waals surface area contributed by atoms with Crippen molar-refractivity contribution in [1.82, 2.24) is 19.2 Å². The summed E-state index contributed by atoms with van der Waals surface area (Å²) in [7, 11) is 0. The fourth-order valence-corrected chi connectivity index (χ4v) is 6.80. The van der Waals surface area contributed by atoms with Crippen molar-refractivity contribution in [2.24, 2.45) is 0 Å². The third-order valence-electron chi connectivity index (χ3n) is 7.67. The number of pyridine rings is 1. The predicted octanol–water partition coefficient (Wildman–Crippen LogP) is 5.29. The second kappa shape index (κ2) is 11.6. The van der Waals surface area contributed by atoms with Crippen molar-refractivity contribution in [3.05, 3.63) is 117 Å². The first-order valence-electron chi connectivity index (χ1n) is 13.8. The number of anilines is 1. The summed E-state index contributed by atoms with van der Waals surface area (Å²) in [6.07, 6.45) is 3.50. The molecule has 0 unspecified atom stereocenters. The highest BCUT2D eigenvalue weighted by Gasteiger charge is 2.36. The number of amides is 1. The zero-order valence-corrected chi connectivity index (χ0v) is 24.7. The fourth-order valence-electron chi connectivity index (χ4n) is 5.40. The molecule has 208 valence electrons. The van der Waals surface area contributed by atoms with Crippen molar-refractivity contribution < 1.29 is 4.79 Å². The first-order chi connectivity index (χ1) is 19.9. The van der Waals surface area contributed by atoms with Crippen molar-refractivity contribution >= 4 is 51.7 Å². The number of aryl methyl sites for hydroxylation is 1. The Hall–Kier alpha value is -3.79. The smallest absolute Gasteiger partial charge is 0.267 e. The average Bonchev–Trinajstić information content (AvgIpc) is 3.27. The molecule has 2 fully saturated rings. The lowest BCUT2D eigenvalue weighted by Crippen LogP contribution is -2.47. The Bertz CT molecular complexity index is 1700. The van der Waals surface area contributed by atoms with Gasteiger partial charge in [-0.15, -0.1) is 0 Å². The molecule has 2 aliphatic heterocycles. The first kappa shape index (κ1) is 27.4. The van der Waals surface area contributed by atoms with E-state index in [1.165, 1.54) is 17.3 Å². The van der Waals surface area contributed by atoms with E-state index in [4.69, 9.17) is 17.2 Å². The van der Waals surface area contributed by atoms with E-state index >= 15 is 0 Å². The number of thiocarbonyl (C=S) groups is 1. The second-order valence-electron chi connectivity index (χ2n) is 10.5. The molecular formula is C32H31N5O2S2. The summed E-state index contributed by atoms with van der Waals surface area (Å²) in [6, 6.07) is 23.9. The summed E-state index contributed by atoms with van der Waals surface area (Å²) in [5, 5.41) is 0. The van der Waals surface area contributed by atoms with Crippen LogP contribution in [0.25, 0.3) is 11.7 Å². The monoisotopic (exact) mass is 581 g/mol. The fraction of sp³-hybridized carbons (Fsp3) is 0.250. The minimum atomic E-state index is -0.217. The molecule has 0 N–H and O–H groups in total. The van der Waals surface area contributed by atoms with Crippen molar-refractivity contribution in [1.29, 1.82) is 0 Å². The molecule has 6 rings (SSSR count). The van der Waals surface area contributed by atoms with Gasteiger partial charge in [-0.1, -0.05) is 90.7 Å². The third kappa shape index (κ3) is 5.57. The topological polar surface area (TPSA) is 61.2 Å². The zero-order chi connectivity index (χ0) is 28.5. The minimum absolute atomic E-state index is 0.191. The van der Waals surface area contributed by atoms with E-state index in [1.54, 1.807) is 21.6 Å². The van der Waals surface area contributed by atoms with Crippen LogP contribution < -0.4 is 10.5 Å². The molecule has 0 aliphatic carbocycles. The quantitative estimate of drug-likeness (QED) is 0.227. The van der Waals surface area contributed by atoms with Gasteiger partial charge in [-0.05, 0) is 42.7 Å². The first-order valence-corrected chi connectivity index (χ1v) is 15.0. The maximum absolute atomic E-state index is 13.9. The number of rotatable bonds is 6. The normalized spacial score (nSPS) is 18.0. The molecule has 2 aromatic heterocycles. The Morgan fingerprint density at radius 1 is 0.951 bits per heavy atom. The molecule has 41 heavy (non-hydrogen) atoms. The van der Waals surface area contributed by atoms with Crippen molar-refractivity contribution in [2.75, 3.05) is 31.1 Å². The maximum Gasteiger partial charge on any atom is 0.267 e. The van der Waals surface area contributed by atoms with Crippen LogP contribution in [0.4, 0.5) is 5.82 Å². The molecule has 7 nitrogen and oxygen atoms in total. The van der Waals surface area contributed by atoms with Crippen LogP contribution in [0.2, 0.25) is 0 Å². The van der Waals surface area contributed by atoms with Gasteiger partial charge in [0.1, 0.15) is 15.8 Å². The number of thioether (sulfide) groups is 1. The number of benzene rings is 2. The second-order valence-corrected chi connectivity index (χ2v) is 12.2. The van der Waals surface area contributed by atoms with E-state index < -0.39 is 0 Å². The molecule has 1 amide bonds. The van der Waals surface area contributed by atoms with E-state index in [-0.39, 0.29) is 17.5 Å². The lowest BCUT2D eigenvalue weighted by Gasteiger charge is -2.36. The van der Waals surface area contributed by atoms with Gasteiger partial charge in [0, 0.05) is 38.9 Å². The molecule has 2 aliphatic rings. The van der Waals surface area contributed by atoms with Crippen LogP contribution in [0.1, 0.15) is 35.2 Å². The number of hydrogen-bond donors (Lipinski definition) is 0. The largest absolute Gasteiger partial charge is 0.353 e. The van der Waals surface area contributed by atoms with Crippen LogP contribution in [0.3, 0.4) is 0 Å². The van der Waals surface area contributed by atoms with Crippen LogP contribution >= 0.6 is 24.0 Å². The SMILES string of the molecule is Cc1ccc2nc(N3CCN(Cc4ccccc4)CC3)c(/C=C3\SC(=S)N([C@@H](C)c4ccccc4)C3=O)c(=O)n2c1. The summed E-state index contributed by atoms with van der Waals surface area (Å²) >= 11 is 6.89. The highest BCUT2D eigenvalue weighted by Crippen LogP contribution is 2.38. The van der Waals surface area contributed by atoms with Gasteiger partial charge in [0.2, 0.25) is 0 Å². The lowest BCUT2D eigenvalue weighted by atomic mass is 10.1. The Balaban J connectivity index is 1.33. The molecule has 1 atom stereocenters. The van der Waals surface area contributed by atoms with Gasteiger partial charge >= 0.3 is 0 Å². The van der Waals surface area contributed by atoms with E-state index in [0.717, 1.165) is 43.9 Å². The molecule has 4 heterocycles. The van der Waals surface area contributed by atoms with Gasteiger partial charge in [0.05, 0.1) is 16.5 Å². The molecule has 2 saturated heterocycles. The minimum Gasteiger partial charge on any atom is -0.353 e. The molecule has 0 saturated carbocycles. The Morgan fingerprint density at radius 2 is 1.63 bits per heavy atom. The van der Waals surface area contributed by atoms with Crippen molar-refractivity contribution in [3.8, 4) is 0 Å². The van der Waals surface area contributed by atoms with Gasteiger partial charge in [-0.3, -0.25) is 23.8 Å². The van der Waals surface area contributed by atoms with Crippen LogP contribution in [-0.4, -0.2) is 55.6 Å². The van der Waals surface area contributed by atoms with Crippen LogP contribution in [-0.2, 0) is 11.3 Å². The lowest BCUT2D eigenvalue weighted by molar-refractivity contribution is -0.123. The number of piperazine rings is 1. The summed E-state index contributed by atoms with van der Waals surface area (Å²) in [5.41, 5.74) is 4.05. The summed E-state index contributed by atoms with van der Waals surface area (Å²) < 4.78 is 2.06. The van der Waals surface area contributed by atoms with Crippen LogP contribution in [0, 0.1) is 6.92 Å². The van der Waals surface area contributed by atoms with Crippen LogP contribution in [0.15, 0.2) is 88.7 Å². The van der Waals surface area contributed by atoms with Gasteiger partial charge in [0.15, 0.2) is 0 Å². The third-order valence-corrected chi connectivity index (χ3v) is 9.00. The number of fused-ring (bicyclic) bond motifs is 1. The van der Waals surface area contributed by atoms with Gasteiger partial charge in [-0.25, -0.2) is 4.98 Å². The highest BCUT2D eigenvalue weighted by atomic mass is 32.2. The standard InChI is InChI=1S/C32H31N5O2S2/c1-22-13-14-28-33-29(35-17-15-34(16-18-35)21-24-9-5-3-6-10-24)26(30(38)36(28)20-22)19-27-31(39)37(32(40)41-27)23(2)25-11-7-4-8-12-25/h3-14,19-20,23H,15-18,21H2,1-2H3/b27-19-/t23-/m0/s1. The molecular weight excluding hydrogens is 551 g/mol. The number of carbonyl (C=O) groups is 1. The number of aromatic nitrogens is 2. The molecule has 2 aromatic carbocycles. The average molecular weight is 582 g/mol. The number of nitrogens with zero attached hydrogens (tertiary/aromatic N) is 5. The predicted molar refractivity (Wildman–Crippen MR) is 170 cm³/mol. The Morgan fingerprint density at radius 3 is 2.34 bits per heavy atom. The number of carbonyl (C=O) groups excluding carboxylic acids is 1. The van der Waals surface area contributed by atoms with Crippen molar-refractivity contribution in [3.63, 3.8) is 0 Å². The molecule has 0 bridgehead atoms. The highest BCUT2D eigenvalue weighted by molar-refractivity contribution is 8.26. The molecule has 0 radical (unpaired) electrons. The van der Waals surface area contributed by atoms with Gasteiger partial charge in [-0.2, -0.15) is 0 Å². The zero-order valence-electron chi connectivity index (χ0n) is 23.1. The molecule has 9 heteroatoms. The summed E-state index contributed by atoms with van der Waals surface area (Å²) in [6.45, 7) is 7.96.